The number of carbonyl (C=O) groups is 5. The number of aryl methyl sites for hydroxylation is 1. The third-order valence-corrected chi connectivity index (χ3v) is 11.6. The lowest BCUT2D eigenvalue weighted by Crippen LogP contribution is -2.61. The maximum Gasteiger partial charge on any atom is 0.347 e. The molecule has 1 fully saturated rings. The van der Waals surface area contributed by atoms with E-state index >= 15 is 0 Å². The minimum atomic E-state index is -2.04. The maximum atomic E-state index is 14.0. The Hall–Kier alpha value is -6.29. The summed E-state index contributed by atoms with van der Waals surface area (Å²) >= 11 is 0. The van der Waals surface area contributed by atoms with Gasteiger partial charge in [-0.3, -0.25) is 14.4 Å². The lowest BCUT2D eigenvalue weighted by atomic mass is 9.86. The van der Waals surface area contributed by atoms with Crippen molar-refractivity contribution in [1.29, 1.82) is 0 Å². The average molecular weight is 874 g/mol. The van der Waals surface area contributed by atoms with Crippen LogP contribution in [0.4, 0.5) is 5.69 Å². The monoisotopic (exact) mass is 873 g/mol. The van der Waals surface area contributed by atoms with Crippen LogP contribution in [0.25, 0.3) is 22.3 Å². The number of aliphatic hydroxyl groups is 4. The second-order valence-corrected chi connectivity index (χ2v) is 16.0. The van der Waals surface area contributed by atoms with Crippen LogP contribution in [0.15, 0.2) is 47.3 Å². The van der Waals surface area contributed by atoms with E-state index in [9.17, 15) is 54.3 Å². The zero-order valence-electron chi connectivity index (χ0n) is 34.8. The number of ether oxygens (including phenoxy) is 4. The Morgan fingerprint density at radius 2 is 1.71 bits per heavy atom. The summed E-state index contributed by atoms with van der Waals surface area (Å²) in [5.41, 5.74) is 6.43. The van der Waals surface area contributed by atoms with Gasteiger partial charge in [0.25, 0.3) is 5.56 Å². The topological polar surface area (TPSA) is 308 Å². The molecular weight excluding hydrogens is 826 g/mol. The number of anilines is 1. The summed E-state index contributed by atoms with van der Waals surface area (Å²) in [6.45, 7) is 8.27. The minimum Gasteiger partial charge on any atom is -0.479 e. The Morgan fingerprint density at radius 1 is 0.984 bits per heavy atom. The molecular formula is C43H47N5O15. The van der Waals surface area contributed by atoms with Crippen LogP contribution < -0.4 is 31.4 Å². The predicted molar refractivity (Wildman–Crippen MR) is 219 cm³/mol. The van der Waals surface area contributed by atoms with Crippen molar-refractivity contribution in [2.45, 2.75) is 109 Å². The molecule has 3 aliphatic rings. The summed E-state index contributed by atoms with van der Waals surface area (Å²) in [5, 5.41) is 57.9. The van der Waals surface area contributed by atoms with E-state index in [1.54, 1.807) is 39.0 Å². The number of nitrogens with two attached hydrogens (primary N) is 1. The van der Waals surface area contributed by atoms with Crippen LogP contribution in [0.3, 0.4) is 0 Å². The number of fused-ring (bicyclic) bond motifs is 5. The van der Waals surface area contributed by atoms with Gasteiger partial charge in [0.05, 0.1) is 35.1 Å². The Bertz CT molecular complexity index is 2610. The molecule has 5 heterocycles. The summed E-state index contributed by atoms with van der Waals surface area (Å²) in [4.78, 5) is 82.7. The predicted octanol–water partition coefficient (Wildman–Crippen LogP) is 0.559. The molecule has 2 aromatic heterocycles. The molecule has 2 amide bonds. The first-order valence-corrected chi connectivity index (χ1v) is 20.2. The number of pyridine rings is 2. The molecule has 7 rings (SSSR count). The van der Waals surface area contributed by atoms with Crippen LogP contribution >= 0.6 is 0 Å². The van der Waals surface area contributed by atoms with Gasteiger partial charge in [-0.25, -0.2) is 19.4 Å². The molecule has 0 bridgehead atoms. The molecule has 0 saturated carbocycles. The highest BCUT2D eigenvalue weighted by molar-refractivity contribution is 6.00. The summed E-state index contributed by atoms with van der Waals surface area (Å²) in [6, 6.07) is 7.98. The van der Waals surface area contributed by atoms with Crippen molar-refractivity contribution in [2.75, 3.05) is 5.32 Å². The minimum absolute atomic E-state index is 0.0131. The fourth-order valence-corrected chi connectivity index (χ4v) is 7.84. The van der Waals surface area contributed by atoms with Gasteiger partial charge in [0.15, 0.2) is 11.7 Å². The molecule has 8 atom stereocenters. The second-order valence-electron chi connectivity index (χ2n) is 16.0. The molecule has 20 heteroatoms. The van der Waals surface area contributed by atoms with Crippen LogP contribution in [0, 0.1) is 5.92 Å². The van der Waals surface area contributed by atoms with Crippen LogP contribution in [-0.4, -0.2) is 108 Å². The van der Waals surface area contributed by atoms with E-state index in [4.69, 9.17) is 29.7 Å². The molecule has 0 aliphatic carbocycles. The number of carboxylic acids is 1. The van der Waals surface area contributed by atoms with Gasteiger partial charge in [-0.2, -0.15) is 0 Å². The van der Waals surface area contributed by atoms with E-state index in [1.807, 2.05) is 6.92 Å². The summed E-state index contributed by atoms with van der Waals surface area (Å²) in [6.07, 6.45) is -9.64. The number of hydrogen-bond donors (Lipinski definition) is 8. The van der Waals surface area contributed by atoms with Gasteiger partial charge < -0.3 is 65.4 Å². The first-order chi connectivity index (χ1) is 29.8. The fraction of sp³-hybridized carbons (Fsp3) is 0.419. The zero-order chi connectivity index (χ0) is 45.8. The van der Waals surface area contributed by atoms with E-state index in [0.29, 0.717) is 34.3 Å². The highest BCUT2D eigenvalue weighted by atomic mass is 16.7. The number of esters is 2. The summed E-state index contributed by atoms with van der Waals surface area (Å²) in [5.74, 6) is -5.37. The van der Waals surface area contributed by atoms with Crippen molar-refractivity contribution in [3.63, 3.8) is 0 Å². The van der Waals surface area contributed by atoms with E-state index < -0.39 is 89.4 Å². The van der Waals surface area contributed by atoms with Crippen molar-refractivity contribution >= 4 is 46.3 Å². The van der Waals surface area contributed by atoms with Gasteiger partial charge in [-0.1, -0.05) is 27.7 Å². The molecule has 3 aliphatic heterocycles. The van der Waals surface area contributed by atoms with E-state index in [1.165, 1.54) is 29.7 Å². The zero-order valence-corrected chi connectivity index (χ0v) is 34.8. The Kier molecular flexibility index (Phi) is 12.2. The molecule has 20 nitrogen and oxygen atoms in total. The van der Waals surface area contributed by atoms with Gasteiger partial charge >= 0.3 is 17.9 Å². The van der Waals surface area contributed by atoms with Gasteiger partial charge in [0.2, 0.25) is 18.1 Å². The molecule has 9 N–H and O–H groups in total. The average Bonchev–Trinajstić information content (AvgIpc) is 3.62. The van der Waals surface area contributed by atoms with Crippen molar-refractivity contribution in [3.05, 3.63) is 80.6 Å². The van der Waals surface area contributed by atoms with Crippen LogP contribution in [0.1, 0.15) is 73.7 Å². The number of amides is 2. The number of aliphatic hydroxyl groups excluding tert-OH is 3. The summed E-state index contributed by atoms with van der Waals surface area (Å²) in [7, 11) is 0. The van der Waals surface area contributed by atoms with Crippen LogP contribution in [-0.2, 0) is 53.8 Å². The number of benzene rings is 2. The standard InChI is InChI=1S/C43H47N5O15/c1-6-21-23-13-20(9-11-27(23)47-31-24(21)15-48-28(31)14-26-25(38(48)54)16-60-42(58)43(26,59)7-2)61-40(57)22-10-8-19(46-36(52)18(5)45-37(53)30(44)17(3)4)12-29(22)62-41-34(51)32(49)33(50)35(63-41)39(55)56/h8-14,17-18,30,32-35,41,49-51,59H,6-7,15-16,44H2,1-5H3,(H,45,53)(H,46,52)(H,55,56)/t18-,30-,32-,33-,34+,35-,41+,43-/m0/s1. The number of carbonyl (C=O) groups excluding carboxylic acids is 4. The van der Waals surface area contributed by atoms with Crippen LogP contribution in [0.5, 0.6) is 11.5 Å². The normalized spacial score (nSPS) is 23.5. The first-order valence-electron chi connectivity index (χ1n) is 20.2. The number of aliphatic carboxylic acids is 1. The van der Waals surface area contributed by atoms with Gasteiger partial charge in [0, 0.05) is 28.3 Å². The third-order valence-electron chi connectivity index (χ3n) is 11.6. The van der Waals surface area contributed by atoms with Crippen molar-refractivity contribution in [3.8, 4) is 22.9 Å². The Balaban J connectivity index is 1.20. The molecule has 4 aromatic rings. The first kappa shape index (κ1) is 44.8. The molecule has 0 unspecified atom stereocenters. The third kappa shape index (κ3) is 8.00. The van der Waals surface area contributed by atoms with E-state index in [2.05, 4.69) is 10.6 Å². The number of carboxylic acid groups (broad SMARTS) is 1. The second kappa shape index (κ2) is 17.1. The van der Waals surface area contributed by atoms with E-state index in [-0.39, 0.29) is 53.6 Å². The number of nitrogens with one attached hydrogen (secondary N) is 2. The molecule has 1 saturated heterocycles. The maximum absolute atomic E-state index is 14.0. The Morgan fingerprint density at radius 3 is 2.38 bits per heavy atom. The number of hydrogen-bond acceptors (Lipinski definition) is 16. The molecule has 0 spiro atoms. The fourth-order valence-electron chi connectivity index (χ4n) is 7.84. The SMILES string of the molecule is CCc1c2c(nc3ccc(OC(=O)c4ccc(NC(=O)[C@H](C)NC(=O)[C@@H](N)C(C)C)cc4O[C@@H]4O[C@H](C(=O)O)[C@@H](O)[C@H](O)[C@H]4O)cc13)-c1cc3c(c(=O)n1C2)COC(=O)[C@]3(O)CC. The van der Waals surface area contributed by atoms with E-state index in [0.717, 1.165) is 11.6 Å². The van der Waals surface area contributed by atoms with Crippen molar-refractivity contribution in [1.82, 2.24) is 14.9 Å². The number of aromatic nitrogens is 2. The lowest BCUT2D eigenvalue weighted by molar-refractivity contribution is -0.271. The van der Waals surface area contributed by atoms with Crippen molar-refractivity contribution in [2.24, 2.45) is 11.7 Å². The van der Waals surface area contributed by atoms with Gasteiger partial charge in [0.1, 0.15) is 48.0 Å². The largest absolute Gasteiger partial charge is 0.479 e. The highest BCUT2D eigenvalue weighted by Gasteiger charge is 2.49. The molecule has 0 radical (unpaired) electrons. The lowest BCUT2D eigenvalue weighted by Gasteiger charge is -2.38. The van der Waals surface area contributed by atoms with Gasteiger partial charge in [-0.15, -0.1) is 0 Å². The quantitative estimate of drug-likeness (QED) is 0.0627. The van der Waals surface area contributed by atoms with Gasteiger partial charge in [-0.05, 0) is 67.6 Å². The number of nitrogens with zero attached hydrogens (tertiary/aromatic N) is 2. The molecule has 63 heavy (non-hydrogen) atoms. The Labute approximate surface area is 358 Å². The number of rotatable bonds is 12. The highest BCUT2D eigenvalue weighted by Crippen LogP contribution is 2.41. The smallest absolute Gasteiger partial charge is 0.347 e. The molecule has 2 aromatic carbocycles. The van der Waals surface area contributed by atoms with Crippen LogP contribution in [0.2, 0.25) is 0 Å². The number of cyclic esters (lactones) is 1. The molecule has 334 valence electrons. The van der Waals surface area contributed by atoms with Crippen molar-refractivity contribution < 1.29 is 68.5 Å². The summed E-state index contributed by atoms with van der Waals surface area (Å²) < 4.78 is 23.6.